The Morgan fingerprint density at radius 2 is 0.500 bits per heavy atom. The van der Waals surface area contributed by atoms with E-state index in [4.69, 9.17) is 10.2 Å². The second-order valence-corrected chi connectivity index (χ2v) is 1.15. The van der Waals surface area contributed by atoms with E-state index in [9.17, 15) is 0 Å². The first kappa shape index (κ1) is 36.0. The Morgan fingerprint density at radius 3 is 0.562 bits per heavy atom. The summed E-state index contributed by atoms with van der Waals surface area (Å²) >= 11 is 0. The molecule has 4 heteroatoms. The molecule has 0 aliphatic rings. The fourth-order valence-electron chi connectivity index (χ4n) is 0.385. The molecule has 2 N–H and O–H groups in total. The molecule has 0 saturated heterocycles. The van der Waals surface area contributed by atoms with E-state index in [1.807, 2.05) is 64.1 Å². The maximum Gasteiger partial charge on any atom is 0.0319 e. The van der Waals surface area contributed by atoms with Gasteiger partial charge in [-0.25, -0.2) is 0 Å². The van der Waals surface area contributed by atoms with Crippen molar-refractivity contribution < 1.29 is 52.3 Å². The molecule has 0 unspecified atom stereocenters. The van der Waals surface area contributed by atoms with Crippen molar-refractivity contribution >= 4 is 0 Å². The van der Waals surface area contributed by atoms with Crippen LogP contribution < -0.4 is 0 Å². The smallest absolute Gasteiger partial charge is 0.0319 e. The van der Waals surface area contributed by atoms with Crippen molar-refractivity contribution in [1.82, 2.24) is 0 Å². The third kappa shape index (κ3) is 62.5. The maximum atomic E-state index is 7.00. The van der Waals surface area contributed by atoms with Gasteiger partial charge in [-0.05, 0) is 0 Å². The van der Waals surface area contributed by atoms with Crippen molar-refractivity contribution in [2.24, 2.45) is 0 Å². The molecule has 2 nitrogen and oxygen atoms in total. The summed E-state index contributed by atoms with van der Waals surface area (Å²) in [6.07, 6.45) is 0. The van der Waals surface area contributed by atoms with Gasteiger partial charge in [0, 0.05) is 56.4 Å². The molecule has 0 spiro atoms. The Balaban J connectivity index is -0.0000000221. The maximum absolute atomic E-state index is 7.00. The Bertz CT molecular complexity index is 88.9. The van der Waals surface area contributed by atoms with Crippen LogP contribution in [-0.2, 0) is 42.1 Å². The average Bonchev–Trinajstić information content (AvgIpc) is 2.41. The molecule has 0 aromatic heterocycles. The minimum absolute atomic E-state index is 0. The van der Waals surface area contributed by atoms with Gasteiger partial charge in [-0.1, -0.05) is 64.1 Å². The molecule has 1 aromatic rings. The summed E-state index contributed by atoms with van der Waals surface area (Å²) in [5.74, 6) is 0. The van der Waals surface area contributed by atoms with E-state index in [1.165, 1.54) is 0 Å². The first-order valence-electron chi connectivity index (χ1n) is 4.89. The third-order valence-electron chi connectivity index (χ3n) is 0.667. The second-order valence-electron chi connectivity index (χ2n) is 1.15. The second kappa shape index (κ2) is 77.0. The number of hydrogen-bond acceptors (Lipinski definition) is 2. The topological polar surface area (TPSA) is 40.5 Å². The average molecular weight is 570 g/mol. The van der Waals surface area contributed by atoms with E-state index < -0.39 is 0 Å². The Labute approximate surface area is 130 Å². The summed E-state index contributed by atoms with van der Waals surface area (Å²) in [5, 5.41) is 14.0. The molecule has 0 amide bonds. The van der Waals surface area contributed by atoms with E-state index in [-0.39, 0.29) is 42.1 Å². The van der Waals surface area contributed by atoms with Gasteiger partial charge in [0.2, 0.25) is 0 Å². The van der Waals surface area contributed by atoms with Crippen LogP contribution >= 0.6 is 0 Å². The van der Waals surface area contributed by atoms with Gasteiger partial charge in [0.25, 0.3) is 0 Å². The normalized spacial score (nSPS) is 4.50. The molecular weight excluding hydrogens is 544 g/mol. The molecule has 1 aromatic carbocycles. The molecule has 1 rings (SSSR count). The number of benzene rings is 1. The Hall–Kier alpha value is 0.517. The largest absolute Gasteiger partial charge is 0.400 e. The van der Waals surface area contributed by atoms with Crippen molar-refractivity contribution in [2.45, 2.75) is 27.7 Å². The van der Waals surface area contributed by atoms with Gasteiger partial charge in [-0.15, -0.1) is 0 Å². The summed E-state index contributed by atoms with van der Waals surface area (Å²) in [4.78, 5) is 0. The Kier molecular flexibility index (Phi) is 173. The molecule has 0 radical (unpaired) electrons. The molecule has 98 valence electrons. The minimum atomic E-state index is 0. The first-order chi connectivity index (χ1) is 7.00. The van der Waals surface area contributed by atoms with Crippen LogP contribution in [0.2, 0.25) is 0 Å². The number of aliphatic hydroxyl groups is 2. The standard InChI is InChI=1S/C6H6.2C2H6.2CH4O.2W/c1-2-4-6-5-3-1;4*1-2;;/h1-6H;2*1-2H3;2*2H,1H3;;. The summed E-state index contributed by atoms with van der Waals surface area (Å²) in [5.41, 5.74) is 0. The van der Waals surface area contributed by atoms with Crippen molar-refractivity contribution in [2.75, 3.05) is 14.2 Å². The van der Waals surface area contributed by atoms with Crippen LogP contribution in [0.3, 0.4) is 0 Å². The van der Waals surface area contributed by atoms with Crippen LogP contribution in [0, 0.1) is 0 Å². The zero-order chi connectivity index (χ0) is 12.2. The SMILES string of the molecule is CC.CC.CO.CO.[W].[W].c1ccccc1. The van der Waals surface area contributed by atoms with Crippen molar-refractivity contribution in [3.8, 4) is 0 Å². The summed E-state index contributed by atoms with van der Waals surface area (Å²) in [6, 6.07) is 12.0. The van der Waals surface area contributed by atoms with Crippen LogP contribution in [0.15, 0.2) is 36.4 Å². The molecule has 16 heavy (non-hydrogen) atoms. The van der Waals surface area contributed by atoms with Crippen LogP contribution in [0.25, 0.3) is 0 Å². The predicted molar refractivity (Wildman–Crippen MR) is 65.4 cm³/mol. The summed E-state index contributed by atoms with van der Waals surface area (Å²) < 4.78 is 0. The quantitative estimate of drug-likeness (QED) is 0.505. The zero-order valence-corrected chi connectivity index (χ0v) is 17.0. The van der Waals surface area contributed by atoms with E-state index in [0.717, 1.165) is 14.2 Å². The van der Waals surface area contributed by atoms with Crippen molar-refractivity contribution in [3.63, 3.8) is 0 Å². The fourth-order valence-corrected chi connectivity index (χ4v) is 0.385. The molecule has 0 bridgehead atoms. The number of aliphatic hydroxyl groups excluding tert-OH is 2. The van der Waals surface area contributed by atoms with E-state index in [1.54, 1.807) is 0 Å². The zero-order valence-electron chi connectivity index (χ0n) is 11.2. The van der Waals surface area contributed by atoms with Crippen LogP contribution in [0.1, 0.15) is 27.7 Å². The van der Waals surface area contributed by atoms with Crippen LogP contribution in [0.4, 0.5) is 0 Å². The monoisotopic (exact) mass is 570 g/mol. The molecule has 0 aliphatic carbocycles. The first-order valence-corrected chi connectivity index (χ1v) is 4.89. The van der Waals surface area contributed by atoms with Gasteiger partial charge < -0.3 is 10.2 Å². The van der Waals surface area contributed by atoms with Crippen molar-refractivity contribution in [3.05, 3.63) is 36.4 Å². The number of rotatable bonds is 0. The Morgan fingerprint density at radius 1 is 0.438 bits per heavy atom. The van der Waals surface area contributed by atoms with E-state index >= 15 is 0 Å². The molecule has 0 heterocycles. The van der Waals surface area contributed by atoms with Crippen LogP contribution in [0.5, 0.6) is 0 Å². The van der Waals surface area contributed by atoms with Gasteiger partial charge in [-0.2, -0.15) is 0 Å². The molecule has 0 saturated carbocycles. The molecule has 0 fully saturated rings. The van der Waals surface area contributed by atoms with Gasteiger partial charge in [0.1, 0.15) is 0 Å². The molecular formula is C12H26O2W2. The summed E-state index contributed by atoms with van der Waals surface area (Å²) in [7, 11) is 2.00. The molecule has 0 atom stereocenters. The van der Waals surface area contributed by atoms with Gasteiger partial charge in [0.05, 0.1) is 0 Å². The third-order valence-corrected chi connectivity index (χ3v) is 0.667. The van der Waals surface area contributed by atoms with Crippen molar-refractivity contribution in [1.29, 1.82) is 0 Å². The van der Waals surface area contributed by atoms with E-state index in [0.29, 0.717) is 0 Å². The van der Waals surface area contributed by atoms with E-state index in [2.05, 4.69) is 0 Å². The van der Waals surface area contributed by atoms with Gasteiger partial charge in [0.15, 0.2) is 0 Å². The van der Waals surface area contributed by atoms with Gasteiger partial charge >= 0.3 is 0 Å². The molecule has 0 aliphatic heterocycles. The number of hydrogen-bond donors (Lipinski definition) is 2. The van der Waals surface area contributed by atoms with Crippen LogP contribution in [-0.4, -0.2) is 24.4 Å². The van der Waals surface area contributed by atoms with Gasteiger partial charge in [-0.3, -0.25) is 0 Å². The minimum Gasteiger partial charge on any atom is -0.400 e. The fraction of sp³-hybridized carbons (Fsp3) is 0.500. The predicted octanol–water partition coefficient (Wildman–Crippen LogP) is 2.95. The summed E-state index contributed by atoms with van der Waals surface area (Å²) in [6.45, 7) is 8.00.